The molecular weight excluding hydrogens is 773 g/mol. The SMILES string of the molecule is CC[C@H]1OC(=O)[C@H](C)[C@@H](OC(=O)Nc2ccccc2)[C@H](C)[C@@H](O[C@@H]2O[C@H](C)C[C@H](N(C)C)[C@H]2O)[C@](C)(O)C[C@@H](C)CN(C)[C@H](C)[C@@H](OC(=O)NCc2ccccc2)[C@]1(C)O. The van der Waals surface area contributed by atoms with Crippen molar-refractivity contribution < 1.29 is 53.4 Å². The number of ether oxygens (including phenoxy) is 5. The summed E-state index contributed by atoms with van der Waals surface area (Å²) in [7, 11) is 5.56. The van der Waals surface area contributed by atoms with Crippen molar-refractivity contribution >= 4 is 23.8 Å². The van der Waals surface area contributed by atoms with Crippen molar-refractivity contribution in [1.29, 1.82) is 0 Å². The summed E-state index contributed by atoms with van der Waals surface area (Å²) in [6.07, 6.45) is -8.20. The van der Waals surface area contributed by atoms with Crippen LogP contribution < -0.4 is 10.6 Å². The third kappa shape index (κ3) is 12.6. The third-order valence-electron chi connectivity index (χ3n) is 12.2. The molecule has 15 heteroatoms. The fourth-order valence-corrected chi connectivity index (χ4v) is 8.85. The number of esters is 1. The Morgan fingerprint density at radius 3 is 2.15 bits per heavy atom. The Bertz CT molecular complexity index is 1660. The van der Waals surface area contributed by atoms with Crippen LogP contribution in [0, 0.1) is 17.8 Å². The molecule has 0 radical (unpaired) electrons. The van der Waals surface area contributed by atoms with Crippen LogP contribution >= 0.6 is 0 Å². The summed E-state index contributed by atoms with van der Waals surface area (Å²) >= 11 is 0. The maximum absolute atomic E-state index is 14.4. The predicted molar refractivity (Wildman–Crippen MR) is 227 cm³/mol. The third-order valence-corrected chi connectivity index (χ3v) is 12.2. The maximum atomic E-state index is 14.4. The highest BCUT2D eigenvalue weighted by Crippen LogP contribution is 2.38. The van der Waals surface area contributed by atoms with Crippen LogP contribution in [0.5, 0.6) is 0 Å². The fraction of sp³-hybridized carbons (Fsp3) is 0.667. The number of nitrogens with one attached hydrogen (secondary N) is 2. The first-order chi connectivity index (χ1) is 28.2. The van der Waals surface area contributed by atoms with Crippen molar-refractivity contribution in [1.82, 2.24) is 15.1 Å². The van der Waals surface area contributed by atoms with Gasteiger partial charge in [-0.3, -0.25) is 15.0 Å². The normalized spacial score (nSPS) is 36.3. The van der Waals surface area contributed by atoms with Crippen LogP contribution in [0.1, 0.15) is 80.2 Å². The van der Waals surface area contributed by atoms with Gasteiger partial charge in [0.1, 0.15) is 23.9 Å². The number of para-hydroxylation sites is 1. The van der Waals surface area contributed by atoms with E-state index in [0.29, 0.717) is 18.7 Å². The van der Waals surface area contributed by atoms with Gasteiger partial charge in [-0.15, -0.1) is 0 Å². The van der Waals surface area contributed by atoms with Crippen LogP contribution in [0.4, 0.5) is 15.3 Å². The number of anilines is 1. The number of nitrogens with zero attached hydrogens (tertiary/aromatic N) is 2. The highest BCUT2D eigenvalue weighted by molar-refractivity contribution is 5.85. The van der Waals surface area contributed by atoms with Gasteiger partial charge in [0.2, 0.25) is 0 Å². The van der Waals surface area contributed by atoms with Crippen molar-refractivity contribution in [3.05, 3.63) is 66.2 Å². The van der Waals surface area contributed by atoms with E-state index in [1.807, 2.05) is 82.0 Å². The lowest BCUT2D eigenvalue weighted by atomic mass is 9.77. The van der Waals surface area contributed by atoms with Gasteiger partial charge in [0.15, 0.2) is 12.4 Å². The van der Waals surface area contributed by atoms with E-state index in [0.717, 1.165) is 5.56 Å². The molecule has 2 aromatic carbocycles. The van der Waals surface area contributed by atoms with E-state index >= 15 is 0 Å². The van der Waals surface area contributed by atoms with Crippen LogP contribution in [0.15, 0.2) is 60.7 Å². The van der Waals surface area contributed by atoms with Crippen LogP contribution in [0.2, 0.25) is 0 Å². The van der Waals surface area contributed by atoms with Crippen molar-refractivity contribution in [3.8, 4) is 0 Å². The number of hydrogen-bond acceptors (Lipinski definition) is 13. The van der Waals surface area contributed by atoms with Gasteiger partial charge < -0.3 is 49.2 Å². The van der Waals surface area contributed by atoms with Gasteiger partial charge in [-0.2, -0.15) is 0 Å². The lowest BCUT2D eigenvalue weighted by Gasteiger charge is -2.47. The molecule has 0 unspecified atom stereocenters. The van der Waals surface area contributed by atoms with Gasteiger partial charge in [0.25, 0.3) is 0 Å². The standard InChI is InChI=1S/C45H70N4O11/c1-12-35-45(8,55)39(60-42(52)46-25-32-19-15-13-16-20-32)31(6)49(11)26-27(2)24-44(7,54)38(59-41-36(50)34(48(9)10)23-28(3)56-41)29(4)37(30(5)40(51)57-35)58-43(53)47-33-21-17-14-18-22-33/h13-22,27-31,34-39,41,50,54-55H,12,23-26H2,1-11H3,(H,46,52)(H,47,53)/t27-,28-,29+,30-,31-,34+,35-,36-,37+,38-,39-,41+,44-,45-/m1/s1. The van der Waals surface area contributed by atoms with Gasteiger partial charge in [-0.25, -0.2) is 9.59 Å². The van der Waals surface area contributed by atoms with E-state index in [4.69, 9.17) is 23.7 Å². The molecule has 0 aromatic heterocycles. The number of benzene rings is 2. The van der Waals surface area contributed by atoms with E-state index in [1.165, 1.54) is 6.92 Å². The number of likely N-dealkylation sites (N-methyl/N-ethyl adjacent to an activating group) is 2. The molecular formula is C45H70N4O11. The Hall–Kier alpha value is -3.83. The molecule has 2 aliphatic rings. The quantitative estimate of drug-likeness (QED) is 0.165. The molecule has 2 amide bonds. The highest BCUT2D eigenvalue weighted by atomic mass is 16.7. The average Bonchev–Trinajstić information content (AvgIpc) is 3.19. The van der Waals surface area contributed by atoms with Crippen molar-refractivity contribution in [2.45, 2.75) is 147 Å². The number of aliphatic hydroxyl groups is 3. The van der Waals surface area contributed by atoms with E-state index in [-0.39, 0.29) is 37.5 Å². The minimum atomic E-state index is -1.91. The lowest BCUT2D eigenvalue weighted by molar-refractivity contribution is -0.299. The summed E-state index contributed by atoms with van der Waals surface area (Å²) in [5.41, 5.74) is -2.26. The summed E-state index contributed by atoms with van der Waals surface area (Å²) < 4.78 is 31.1. The second kappa shape index (κ2) is 21.3. The van der Waals surface area contributed by atoms with Gasteiger partial charge in [-0.05, 0) is 98.6 Å². The monoisotopic (exact) mass is 843 g/mol. The summed E-state index contributed by atoms with van der Waals surface area (Å²) in [6, 6.07) is 17.1. The van der Waals surface area contributed by atoms with Crippen LogP contribution in [-0.4, -0.2) is 137 Å². The average molecular weight is 843 g/mol. The van der Waals surface area contributed by atoms with Crippen LogP contribution in [0.3, 0.4) is 0 Å². The number of alkyl carbamates (subject to hydrolysis) is 1. The van der Waals surface area contributed by atoms with Gasteiger partial charge >= 0.3 is 18.2 Å². The molecule has 14 atom stereocenters. The zero-order chi connectivity index (χ0) is 44.5. The predicted octanol–water partition coefficient (Wildman–Crippen LogP) is 5.17. The molecule has 336 valence electrons. The summed E-state index contributed by atoms with van der Waals surface area (Å²) in [4.78, 5) is 45.3. The van der Waals surface area contributed by atoms with Gasteiger partial charge in [0, 0.05) is 36.8 Å². The van der Waals surface area contributed by atoms with Crippen molar-refractivity contribution in [3.63, 3.8) is 0 Å². The minimum Gasteiger partial charge on any atom is -0.459 e. The first kappa shape index (κ1) is 48.8. The first-order valence-corrected chi connectivity index (χ1v) is 21.2. The van der Waals surface area contributed by atoms with Gasteiger partial charge in [0.05, 0.1) is 23.7 Å². The Morgan fingerprint density at radius 2 is 1.55 bits per heavy atom. The zero-order valence-electron chi connectivity index (χ0n) is 37.2. The molecule has 2 saturated heterocycles. The number of cyclic esters (lactones) is 1. The topological polar surface area (TPSA) is 189 Å². The highest BCUT2D eigenvalue weighted by Gasteiger charge is 2.52. The number of rotatable bonds is 9. The van der Waals surface area contributed by atoms with E-state index < -0.39 is 84.0 Å². The van der Waals surface area contributed by atoms with E-state index in [1.54, 1.807) is 58.0 Å². The first-order valence-electron chi connectivity index (χ1n) is 21.2. The smallest absolute Gasteiger partial charge is 0.411 e. The second-order valence-electron chi connectivity index (χ2n) is 17.7. The second-order valence-corrected chi connectivity index (χ2v) is 17.7. The molecule has 5 N–H and O–H groups in total. The van der Waals surface area contributed by atoms with Crippen LogP contribution in [0.25, 0.3) is 0 Å². The molecule has 2 heterocycles. The van der Waals surface area contributed by atoms with E-state index in [9.17, 15) is 29.7 Å². The molecule has 15 nitrogen and oxygen atoms in total. The fourth-order valence-electron chi connectivity index (χ4n) is 8.85. The Labute approximate surface area is 356 Å². The molecule has 0 bridgehead atoms. The molecule has 2 aliphatic heterocycles. The molecule has 60 heavy (non-hydrogen) atoms. The number of amides is 2. The summed E-state index contributed by atoms with van der Waals surface area (Å²) in [6.45, 7) is 14.3. The summed E-state index contributed by atoms with van der Waals surface area (Å²) in [5.74, 6) is -3.14. The molecule has 0 aliphatic carbocycles. The van der Waals surface area contributed by atoms with Gasteiger partial charge in [-0.1, -0.05) is 69.3 Å². The molecule has 0 saturated carbocycles. The molecule has 0 spiro atoms. The zero-order valence-corrected chi connectivity index (χ0v) is 37.2. The lowest BCUT2D eigenvalue weighted by Crippen LogP contribution is -2.61. The Morgan fingerprint density at radius 1 is 0.933 bits per heavy atom. The Balaban J connectivity index is 1.77. The minimum absolute atomic E-state index is 0.141. The molecule has 4 rings (SSSR count). The number of hydrogen-bond donors (Lipinski definition) is 5. The number of aliphatic hydroxyl groups excluding tert-OH is 1. The number of carbonyl (C=O) groups excluding carboxylic acids is 3. The Kier molecular flexibility index (Phi) is 17.3. The maximum Gasteiger partial charge on any atom is 0.411 e. The van der Waals surface area contributed by atoms with Crippen molar-refractivity contribution in [2.24, 2.45) is 17.8 Å². The summed E-state index contributed by atoms with van der Waals surface area (Å²) in [5, 5.41) is 42.0. The van der Waals surface area contributed by atoms with Crippen LogP contribution in [-0.2, 0) is 35.0 Å². The number of carbonyl (C=O) groups is 3. The largest absolute Gasteiger partial charge is 0.459 e. The molecule has 2 aromatic rings. The van der Waals surface area contributed by atoms with E-state index in [2.05, 4.69) is 10.6 Å². The molecule has 2 fully saturated rings. The van der Waals surface area contributed by atoms with Crippen molar-refractivity contribution in [2.75, 3.05) is 33.0 Å².